The molecule has 1 heterocycles. The molecule has 3 nitrogen and oxygen atoms in total. The van der Waals surface area contributed by atoms with Gasteiger partial charge in [-0.1, -0.05) is 17.7 Å². The molecule has 2 aliphatic rings. The number of anilines is 1. The molecule has 17 heavy (non-hydrogen) atoms. The number of hydrogen-bond donors (Lipinski definition) is 1. The topological polar surface area (TPSA) is 41.5 Å². The highest BCUT2D eigenvalue weighted by Crippen LogP contribution is 2.42. The van der Waals surface area contributed by atoms with E-state index in [-0.39, 0.29) is 5.91 Å². The van der Waals surface area contributed by atoms with Crippen LogP contribution in [0, 0.1) is 12.8 Å². The summed E-state index contributed by atoms with van der Waals surface area (Å²) in [5, 5.41) is 2.93. The number of allylic oxidation sites excluding steroid dienone is 1. The zero-order chi connectivity index (χ0) is 11.8. The normalized spacial score (nSPS) is 24.9. The molecule has 1 amide bonds. The van der Waals surface area contributed by atoms with E-state index in [1.165, 1.54) is 5.56 Å². The van der Waals surface area contributed by atoms with Crippen molar-refractivity contribution < 1.29 is 4.79 Å². The molecule has 2 unspecified atom stereocenters. The van der Waals surface area contributed by atoms with Crippen molar-refractivity contribution in [2.45, 2.75) is 19.4 Å². The second kappa shape index (κ2) is 3.84. The fourth-order valence-corrected chi connectivity index (χ4v) is 2.12. The number of nitrogens with zero attached hydrogens (tertiary/aromatic N) is 1. The molecule has 1 fully saturated rings. The van der Waals surface area contributed by atoms with Crippen molar-refractivity contribution in [3.63, 3.8) is 0 Å². The van der Waals surface area contributed by atoms with Crippen LogP contribution in [0.25, 0.3) is 0 Å². The maximum atomic E-state index is 12.0. The summed E-state index contributed by atoms with van der Waals surface area (Å²) in [7, 11) is 0. The Hall–Kier alpha value is -1.90. The molecule has 0 saturated heterocycles. The number of benzene rings is 1. The Balaban J connectivity index is 1.73. The van der Waals surface area contributed by atoms with Crippen LogP contribution in [-0.2, 0) is 4.79 Å². The number of hydrogen-bond acceptors (Lipinski definition) is 2. The number of nitrogens with one attached hydrogen (secondary N) is 1. The van der Waals surface area contributed by atoms with E-state index in [9.17, 15) is 4.79 Å². The lowest BCUT2D eigenvalue weighted by Gasteiger charge is -2.09. The first-order valence-corrected chi connectivity index (χ1v) is 5.85. The Kier molecular flexibility index (Phi) is 2.32. The number of rotatable bonds is 2. The number of fused-ring (bicyclic) bond motifs is 1. The number of carbonyl (C=O) groups is 1. The average molecular weight is 226 g/mol. The molecule has 0 radical (unpaired) electrons. The zero-order valence-electron chi connectivity index (χ0n) is 9.68. The molecule has 1 aliphatic heterocycles. The van der Waals surface area contributed by atoms with Gasteiger partial charge in [0.25, 0.3) is 5.91 Å². The van der Waals surface area contributed by atoms with E-state index in [0.717, 1.165) is 17.7 Å². The third kappa shape index (κ3) is 2.00. The fraction of sp³-hybridized carbons (Fsp3) is 0.286. The number of aryl methyl sites for hydroxylation is 1. The van der Waals surface area contributed by atoms with Crippen LogP contribution in [0.3, 0.4) is 0 Å². The first-order valence-electron chi connectivity index (χ1n) is 5.85. The molecule has 1 aromatic rings. The van der Waals surface area contributed by atoms with Gasteiger partial charge in [-0.2, -0.15) is 0 Å². The summed E-state index contributed by atoms with van der Waals surface area (Å²) in [4.78, 5) is 16.3. The molecule has 2 atom stereocenters. The van der Waals surface area contributed by atoms with Gasteiger partial charge in [-0.25, -0.2) is 0 Å². The minimum Gasteiger partial charge on any atom is -0.322 e. The molecule has 0 bridgehead atoms. The third-order valence-corrected chi connectivity index (χ3v) is 3.26. The summed E-state index contributed by atoms with van der Waals surface area (Å²) in [6.07, 6.45) is 4.60. The van der Waals surface area contributed by atoms with Gasteiger partial charge in [-0.05, 0) is 31.6 Å². The van der Waals surface area contributed by atoms with Crippen molar-refractivity contribution in [1.29, 1.82) is 0 Å². The summed E-state index contributed by atoms with van der Waals surface area (Å²) in [5.74, 6) is 0.359. The zero-order valence-corrected chi connectivity index (χ0v) is 9.68. The van der Waals surface area contributed by atoms with E-state index in [2.05, 4.69) is 10.3 Å². The van der Waals surface area contributed by atoms with Gasteiger partial charge >= 0.3 is 0 Å². The van der Waals surface area contributed by atoms with E-state index in [1.807, 2.05) is 37.3 Å². The van der Waals surface area contributed by atoms with Crippen LogP contribution in [-0.4, -0.2) is 18.2 Å². The van der Waals surface area contributed by atoms with Gasteiger partial charge in [0.15, 0.2) is 0 Å². The van der Waals surface area contributed by atoms with Gasteiger partial charge in [0.05, 0.1) is 6.04 Å². The molecule has 3 rings (SSSR count). The van der Waals surface area contributed by atoms with Gasteiger partial charge in [-0.3, -0.25) is 9.79 Å². The fourth-order valence-electron chi connectivity index (χ4n) is 2.12. The highest BCUT2D eigenvalue weighted by molar-refractivity contribution is 6.07. The van der Waals surface area contributed by atoms with Crippen molar-refractivity contribution in [2.24, 2.45) is 10.9 Å². The van der Waals surface area contributed by atoms with Crippen LogP contribution in [0.15, 0.2) is 40.9 Å². The minimum atomic E-state index is 0.00695. The first-order chi connectivity index (χ1) is 8.24. The monoisotopic (exact) mass is 226 g/mol. The summed E-state index contributed by atoms with van der Waals surface area (Å²) < 4.78 is 0. The lowest BCUT2D eigenvalue weighted by Crippen LogP contribution is -2.18. The maximum Gasteiger partial charge on any atom is 0.252 e. The van der Waals surface area contributed by atoms with Crippen molar-refractivity contribution in [1.82, 2.24) is 0 Å². The lowest BCUT2D eigenvalue weighted by molar-refractivity contribution is -0.113. The predicted octanol–water partition coefficient (Wildman–Crippen LogP) is 2.33. The van der Waals surface area contributed by atoms with Crippen LogP contribution in [0.2, 0.25) is 0 Å². The summed E-state index contributed by atoms with van der Waals surface area (Å²) in [6.45, 7) is 2.03. The summed E-state index contributed by atoms with van der Waals surface area (Å²) >= 11 is 0. The van der Waals surface area contributed by atoms with Crippen LogP contribution < -0.4 is 5.32 Å². The molecule has 1 N–H and O–H groups in total. The SMILES string of the molecule is Cc1ccc(NC(=O)C2=CC=NC3CC23)cc1. The van der Waals surface area contributed by atoms with E-state index in [4.69, 9.17) is 0 Å². The molecular formula is C14H14N2O. The largest absolute Gasteiger partial charge is 0.322 e. The first kappa shape index (κ1) is 10.3. The molecular weight excluding hydrogens is 212 g/mol. The minimum absolute atomic E-state index is 0.00695. The standard InChI is InChI=1S/C14H14N2O/c1-9-2-4-10(5-3-9)16-14(17)11-6-7-15-13-8-12(11)13/h2-7,12-13H,8H2,1H3,(H,16,17). The molecule has 1 aliphatic carbocycles. The highest BCUT2D eigenvalue weighted by atomic mass is 16.1. The van der Waals surface area contributed by atoms with E-state index >= 15 is 0 Å². The van der Waals surface area contributed by atoms with Crippen molar-refractivity contribution in [3.05, 3.63) is 41.5 Å². The second-order valence-electron chi connectivity index (χ2n) is 4.65. The highest BCUT2D eigenvalue weighted by Gasteiger charge is 2.43. The molecule has 0 spiro atoms. The molecule has 3 heteroatoms. The van der Waals surface area contributed by atoms with E-state index in [1.54, 1.807) is 6.21 Å². The Labute approximate surface area is 100 Å². The number of amides is 1. The van der Waals surface area contributed by atoms with Gasteiger partial charge in [0.1, 0.15) is 0 Å². The maximum absolute atomic E-state index is 12.0. The summed E-state index contributed by atoms with van der Waals surface area (Å²) in [5.41, 5.74) is 2.90. The quantitative estimate of drug-likeness (QED) is 0.826. The predicted molar refractivity (Wildman–Crippen MR) is 68.3 cm³/mol. The van der Waals surface area contributed by atoms with Crippen molar-refractivity contribution >= 4 is 17.8 Å². The molecule has 86 valence electrons. The molecule has 1 saturated carbocycles. The van der Waals surface area contributed by atoms with Gasteiger partial charge in [-0.15, -0.1) is 0 Å². The average Bonchev–Trinajstić information content (AvgIpc) is 3.10. The Morgan fingerprint density at radius 1 is 1.35 bits per heavy atom. The van der Waals surface area contributed by atoms with Crippen LogP contribution >= 0.6 is 0 Å². The number of aliphatic imine (C=N–C) groups is 1. The Bertz CT molecular complexity index is 514. The van der Waals surface area contributed by atoms with Crippen LogP contribution in [0.4, 0.5) is 5.69 Å². The van der Waals surface area contributed by atoms with Crippen LogP contribution in [0.1, 0.15) is 12.0 Å². The van der Waals surface area contributed by atoms with Gasteiger partial charge < -0.3 is 5.32 Å². The second-order valence-corrected chi connectivity index (χ2v) is 4.65. The van der Waals surface area contributed by atoms with Crippen molar-refractivity contribution in [3.8, 4) is 0 Å². The van der Waals surface area contributed by atoms with Gasteiger partial charge in [0.2, 0.25) is 0 Å². The lowest BCUT2D eigenvalue weighted by atomic mass is 10.1. The number of dihydropyridines is 1. The molecule has 0 aromatic heterocycles. The third-order valence-electron chi connectivity index (χ3n) is 3.26. The Morgan fingerprint density at radius 3 is 2.88 bits per heavy atom. The smallest absolute Gasteiger partial charge is 0.252 e. The van der Waals surface area contributed by atoms with Crippen molar-refractivity contribution in [2.75, 3.05) is 5.32 Å². The Morgan fingerprint density at radius 2 is 2.12 bits per heavy atom. The molecule has 1 aromatic carbocycles. The summed E-state index contributed by atoms with van der Waals surface area (Å²) in [6, 6.07) is 8.20. The van der Waals surface area contributed by atoms with Crippen LogP contribution in [0.5, 0.6) is 0 Å². The van der Waals surface area contributed by atoms with Gasteiger partial charge in [0, 0.05) is 23.4 Å². The van der Waals surface area contributed by atoms with E-state index < -0.39 is 0 Å². The number of carbonyl (C=O) groups excluding carboxylic acids is 1. The van der Waals surface area contributed by atoms with E-state index in [0.29, 0.717) is 12.0 Å².